The molecule has 2 rings (SSSR count). The van der Waals surface area contributed by atoms with Crippen LogP contribution in [0.1, 0.15) is 27.2 Å². The number of hydrogen-bond acceptors (Lipinski definition) is 3. The number of carbonyl (C=O) groups excluding carboxylic acids is 1. The van der Waals surface area contributed by atoms with Gasteiger partial charge in [-0.25, -0.2) is 4.79 Å². The van der Waals surface area contributed by atoms with E-state index in [9.17, 15) is 9.59 Å². The molecule has 6 heteroatoms. The first-order valence-electron chi connectivity index (χ1n) is 6.30. The van der Waals surface area contributed by atoms with Crippen LogP contribution in [0.3, 0.4) is 0 Å². The van der Waals surface area contributed by atoms with Crippen LogP contribution in [0.5, 0.6) is 0 Å². The number of hydrogen-bond donors (Lipinski definition) is 3. The van der Waals surface area contributed by atoms with Gasteiger partial charge in [0.2, 0.25) is 0 Å². The van der Waals surface area contributed by atoms with E-state index in [1.165, 1.54) is 12.3 Å². The summed E-state index contributed by atoms with van der Waals surface area (Å²) in [5.41, 5.74) is 3.41. The number of nitrogens with one attached hydrogen (secondary N) is 2. The predicted octanol–water partition coefficient (Wildman–Crippen LogP) is 2.38. The van der Waals surface area contributed by atoms with Gasteiger partial charge in [0, 0.05) is 17.5 Å². The summed E-state index contributed by atoms with van der Waals surface area (Å²) in [5, 5.41) is 17.9. The molecule has 2 aromatic rings. The lowest BCUT2D eigenvalue weighted by atomic mass is 10.1. The fraction of sp³-hybridized carbons (Fsp3) is 0.133. The first-order valence-corrected chi connectivity index (χ1v) is 6.30. The summed E-state index contributed by atoms with van der Waals surface area (Å²) < 4.78 is 0. The standard InChI is InChI=1S/C15H15N3O3/c1-9-3-5-12(7-11(9)4-6-14(19)20)17-15(21)13-8-16-18-10(13)2/h3-8H,1-2H3,(H,16,18)(H,17,21)(H,19,20). The van der Waals surface area contributed by atoms with Gasteiger partial charge in [-0.1, -0.05) is 6.07 Å². The zero-order valence-electron chi connectivity index (χ0n) is 11.7. The topological polar surface area (TPSA) is 95.1 Å². The number of anilines is 1. The third-order valence-corrected chi connectivity index (χ3v) is 3.02. The summed E-state index contributed by atoms with van der Waals surface area (Å²) in [4.78, 5) is 22.6. The Morgan fingerprint density at radius 3 is 2.71 bits per heavy atom. The quantitative estimate of drug-likeness (QED) is 0.751. The number of aromatic nitrogens is 2. The lowest BCUT2D eigenvalue weighted by Gasteiger charge is -2.07. The first-order chi connectivity index (χ1) is 9.97. The highest BCUT2D eigenvalue weighted by Gasteiger charge is 2.11. The molecule has 0 atom stereocenters. The highest BCUT2D eigenvalue weighted by molar-refractivity contribution is 6.05. The van der Waals surface area contributed by atoms with Gasteiger partial charge in [-0.2, -0.15) is 5.10 Å². The molecule has 0 saturated heterocycles. The number of carboxylic acid groups (broad SMARTS) is 1. The van der Waals surface area contributed by atoms with Crippen LogP contribution in [0.15, 0.2) is 30.5 Å². The Kier molecular flexibility index (Phi) is 4.18. The fourth-order valence-corrected chi connectivity index (χ4v) is 1.84. The number of aryl methyl sites for hydroxylation is 2. The summed E-state index contributed by atoms with van der Waals surface area (Å²) in [6.45, 7) is 3.63. The molecule has 0 aliphatic heterocycles. The highest BCUT2D eigenvalue weighted by atomic mass is 16.4. The van der Waals surface area contributed by atoms with Crippen molar-refractivity contribution in [2.24, 2.45) is 0 Å². The van der Waals surface area contributed by atoms with Crippen molar-refractivity contribution >= 4 is 23.6 Å². The number of aliphatic carboxylic acids is 1. The van der Waals surface area contributed by atoms with Crippen molar-refractivity contribution in [3.05, 3.63) is 52.9 Å². The van der Waals surface area contributed by atoms with E-state index in [2.05, 4.69) is 15.5 Å². The van der Waals surface area contributed by atoms with E-state index in [0.29, 0.717) is 16.9 Å². The van der Waals surface area contributed by atoms with Gasteiger partial charge < -0.3 is 10.4 Å². The number of carbonyl (C=O) groups is 2. The summed E-state index contributed by atoms with van der Waals surface area (Å²) in [6, 6.07) is 5.31. The molecule has 0 fully saturated rings. The molecule has 1 aromatic heterocycles. The number of rotatable bonds is 4. The van der Waals surface area contributed by atoms with E-state index in [-0.39, 0.29) is 5.91 Å². The second kappa shape index (κ2) is 6.04. The van der Waals surface area contributed by atoms with Crippen LogP contribution in [-0.2, 0) is 4.79 Å². The molecular weight excluding hydrogens is 270 g/mol. The second-order valence-electron chi connectivity index (χ2n) is 4.61. The Hall–Kier alpha value is -2.89. The Bertz CT molecular complexity index is 717. The van der Waals surface area contributed by atoms with E-state index in [1.807, 2.05) is 13.0 Å². The van der Waals surface area contributed by atoms with E-state index >= 15 is 0 Å². The first kappa shape index (κ1) is 14.5. The lowest BCUT2D eigenvalue weighted by Crippen LogP contribution is -2.12. The SMILES string of the molecule is Cc1ccc(NC(=O)c2cn[nH]c2C)cc1C=CC(=O)O. The molecule has 1 heterocycles. The number of benzene rings is 1. The normalized spacial score (nSPS) is 10.8. The van der Waals surface area contributed by atoms with Crippen LogP contribution in [0.4, 0.5) is 5.69 Å². The number of H-pyrrole nitrogens is 1. The van der Waals surface area contributed by atoms with Gasteiger partial charge >= 0.3 is 5.97 Å². The molecule has 1 aromatic carbocycles. The smallest absolute Gasteiger partial charge is 0.328 e. The summed E-state index contributed by atoms with van der Waals surface area (Å²) >= 11 is 0. The number of amides is 1. The number of nitrogens with zero attached hydrogens (tertiary/aromatic N) is 1. The molecule has 108 valence electrons. The van der Waals surface area contributed by atoms with Gasteiger partial charge in [-0.3, -0.25) is 9.89 Å². The molecule has 0 unspecified atom stereocenters. The van der Waals surface area contributed by atoms with Gasteiger partial charge in [0.05, 0.1) is 11.8 Å². The van der Waals surface area contributed by atoms with Gasteiger partial charge in [0.25, 0.3) is 5.91 Å². The molecule has 0 aliphatic rings. The maximum atomic E-state index is 12.1. The second-order valence-corrected chi connectivity index (χ2v) is 4.61. The van der Waals surface area contributed by atoms with Gasteiger partial charge in [-0.15, -0.1) is 0 Å². The van der Waals surface area contributed by atoms with E-state index in [4.69, 9.17) is 5.11 Å². The van der Waals surface area contributed by atoms with Crippen molar-refractivity contribution in [2.75, 3.05) is 5.32 Å². The van der Waals surface area contributed by atoms with Crippen molar-refractivity contribution in [3.63, 3.8) is 0 Å². The van der Waals surface area contributed by atoms with Crippen LogP contribution in [-0.4, -0.2) is 27.2 Å². The zero-order valence-corrected chi connectivity index (χ0v) is 11.7. The van der Waals surface area contributed by atoms with Crippen LogP contribution in [0.25, 0.3) is 6.08 Å². The van der Waals surface area contributed by atoms with Gasteiger partial charge in [-0.05, 0) is 43.2 Å². The average Bonchev–Trinajstić information content (AvgIpc) is 2.85. The highest BCUT2D eigenvalue weighted by Crippen LogP contribution is 2.18. The van der Waals surface area contributed by atoms with Crippen molar-refractivity contribution in [1.29, 1.82) is 0 Å². The Morgan fingerprint density at radius 2 is 2.10 bits per heavy atom. The maximum absolute atomic E-state index is 12.1. The molecule has 3 N–H and O–H groups in total. The van der Waals surface area contributed by atoms with E-state index in [1.54, 1.807) is 19.1 Å². The molecular formula is C15H15N3O3. The van der Waals surface area contributed by atoms with E-state index in [0.717, 1.165) is 17.2 Å². The van der Waals surface area contributed by atoms with Crippen LogP contribution < -0.4 is 5.32 Å². The van der Waals surface area contributed by atoms with Crippen molar-refractivity contribution < 1.29 is 14.7 Å². The van der Waals surface area contributed by atoms with Crippen LogP contribution >= 0.6 is 0 Å². The molecule has 0 aliphatic carbocycles. The maximum Gasteiger partial charge on any atom is 0.328 e. The van der Waals surface area contributed by atoms with E-state index < -0.39 is 5.97 Å². The molecule has 0 radical (unpaired) electrons. The van der Waals surface area contributed by atoms with Crippen LogP contribution in [0.2, 0.25) is 0 Å². The fourth-order valence-electron chi connectivity index (χ4n) is 1.84. The van der Waals surface area contributed by atoms with Crippen molar-refractivity contribution in [3.8, 4) is 0 Å². The summed E-state index contributed by atoms with van der Waals surface area (Å²) in [7, 11) is 0. The van der Waals surface area contributed by atoms with Gasteiger partial charge in [0.1, 0.15) is 0 Å². The minimum atomic E-state index is -1.02. The third kappa shape index (κ3) is 3.56. The van der Waals surface area contributed by atoms with Crippen molar-refractivity contribution in [2.45, 2.75) is 13.8 Å². The summed E-state index contributed by atoms with van der Waals surface area (Å²) in [5.74, 6) is -1.28. The molecule has 1 amide bonds. The Morgan fingerprint density at radius 1 is 1.33 bits per heavy atom. The monoisotopic (exact) mass is 285 g/mol. The number of carboxylic acids is 1. The minimum absolute atomic E-state index is 0.265. The summed E-state index contributed by atoms with van der Waals surface area (Å²) in [6.07, 6.45) is 4.02. The molecule has 0 bridgehead atoms. The average molecular weight is 285 g/mol. The minimum Gasteiger partial charge on any atom is -0.478 e. The largest absolute Gasteiger partial charge is 0.478 e. The lowest BCUT2D eigenvalue weighted by molar-refractivity contribution is -0.131. The third-order valence-electron chi connectivity index (χ3n) is 3.02. The van der Waals surface area contributed by atoms with Gasteiger partial charge in [0.15, 0.2) is 0 Å². The Balaban J connectivity index is 2.21. The Labute approximate surface area is 121 Å². The predicted molar refractivity (Wildman–Crippen MR) is 79.1 cm³/mol. The van der Waals surface area contributed by atoms with Crippen LogP contribution in [0, 0.1) is 13.8 Å². The molecule has 0 saturated carbocycles. The zero-order chi connectivity index (χ0) is 15.4. The molecule has 21 heavy (non-hydrogen) atoms. The van der Waals surface area contributed by atoms with Crippen molar-refractivity contribution in [1.82, 2.24) is 10.2 Å². The molecule has 0 spiro atoms. The number of aromatic amines is 1. The molecule has 6 nitrogen and oxygen atoms in total.